The maximum Gasteiger partial charge on any atom is 0.123 e. The minimum Gasteiger partial charge on any atom is -0.331 e. The van der Waals surface area contributed by atoms with Crippen molar-refractivity contribution in [3.63, 3.8) is 0 Å². The van der Waals surface area contributed by atoms with Gasteiger partial charge in [-0.1, -0.05) is 6.07 Å². The average molecular weight is 327 g/mol. The Hall–Kier alpha value is -1.72. The van der Waals surface area contributed by atoms with Crippen LogP contribution in [0.3, 0.4) is 0 Å². The Morgan fingerprint density at radius 2 is 2.17 bits per heavy atom. The molecule has 0 radical (unpaired) electrons. The summed E-state index contributed by atoms with van der Waals surface area (Å²) in [6, 6.07) is 5.17. The monoisotopic (exact) mass is 327 g/mol. The molecular formula is C19H29N5. The fraction of sp³-hybridized carbons (Fsp3) is 0.579. The molecular weight excluding hydrogens is 298 g/mol. The molecule has 1 aliphatic heterocycles. The molecule has 0 aliphatic carbocycles. The van der Waals surface area contributed by atoms with Crippen molar-refractivity contribution >= 4 is 0 Å². The van der Waals surface area contributed by atoms with E-state index in [-0.39, 0.29) is 0 Å². The van der Waals surface area contributed by atoms with E-state index in [2.05, 4.69) is 64.5 Å². The van der Waals surface area contributed by atoms with Crippen LogP contribution in [0.2, 0.25) is 0 Å². The summed E-state index contributed by atoms with van der Waals surface area (Å²) in [6.45, 7) is 7.53. The SMILES string of the molecule is CC(C)n1ccnc1CN(C)C[C@@H]1CCN(C)[C@H]1c1cccnc1. The van der Waals surface area contributed by atoms with Crippen molar-refractivity contribution in [3.8, 4) is 0 Å². The van der Waals surface area contributed by atoms with E-state index in [1.54, 1.807) is 0 Å². The number of likely N-dealkylation sites (tertiary alicyclic amines) is 1. The Morgan fingerprint density at radius 3 is 2.88 bits per heavy atom. The van der Waals surface area contributed by atoms with Crippen molar-refractivity contribution in [1.29, 1.82) is 0 Å². The highest BCUT2D eigenvalue weighted by Crippen LogP contribution is 2.36. The van der Waals surface area contributed by atoms with Crippen LogP contribution < -0.4 is 0 Å². The predicted octanol–water partition coefficient (Wildman–Crippen LogP) is 2.98. The van der Waals surface area contributed by atoms with Crippen molar-refractivity contribution in [1.82, 2.24) is 24.3 Å². The van der Waals surface area contributed by atoms with Gasteiger partial charge in [-0.25, -0.2) is 4.98 Å². The lowest BCUT2D eigenvalue weighted by molar-refractivity contribution is 0.209. The van der Waals surface area contributed by atoms with E-state index in [1.165, 1.54) is 12.0 Å². The van der Waals surface area contributed by atoms with Crippen molar-refractivity contribution < 1.29 is 0 Å². The normalized spacial score (nSPS) is 21.9. The molecule has 0 spiro atoms. The summed E-state index contributed by atoms with van der Waals surface area (Å²) < 4.78 is 2.26. The van der Waals surface area contributed by atoms with Gasteiger partial charge in [0.05, 0.1) is 6.54 Å². The van der Waals surface area contributed by atoms with Crippen molar-refractivity contribution in [2.45, 2.75) is 38.9 Å². The summed E-state index contributed by atoms with van der Waals surface area (Å²) in [4.78, 5) is 13.7. The van der Waals surface area contributed by atoms with Gasteiger partial charge in [0.15, 0.2) is 0 Å². The van der Waals surface area contributed by atoms with Crippen molar-refractivity contribution in [2.75, 3.05) is 27.2 Å². The highest BCUT2D eigenvalue weighted by Gasteiger charge is 2.33. The zero-order valence-electron chi connectivity index (χ0n) is 15.3. The third-order valence-electron chi connectivity index (χ3n) is 5.06. The smallest absolute Gasteiger partial charge is 0.123 e. The van der Waals surface area contributed by atoms with Gasteiger partial charge in [0, 0.05) is 43.4 Å². The van der Waals surface area contributed by atoms with E-state index >= 15 is 0 Å². The summed E-state index contributed by atoms with van der Waals surface area (Å²) in [7, 11) is 4.43. The highest BCUT2D eigenvalue weighted by atomic mass is 15.2. The first kappa shape index (κ1) is 17.1. The number of hydrogen-bond acceptors (Lipinski definition) is 4. The van der Waals surface area contributed by atoms with Crippen LogP contribution in [0.4, 0.5) is 0 Å². The molecule has 0 aromatic carbocycles. The Labute approximate surface area is 145 Å². The Kier molecular flexibility index (Phi) is 5.31. The lowest BCUT2D eigenvalue weighted by atomic mass is 9.94. The molecule has 1 fully saturated rings. The van der Waals surface area contributed by atoms with E-state index in [9.17, 15) is 0 Å². The molecule has 0 bridgehead atoms. The fourth-order valence-corrected chi connectivity index (χ4v) is 3.94. The zero-order valence-corrected chi connectivity index (χ0v) is 15.3. The van der Waals surface area contributed by atoms with Crippen LogP contribution in [0.15, 0.2) is 36.9 Å². The Morgan fingerprint density at radius 1 is 1.33 bits per heavy atom. The van der Waals surface area contributed by atoms with Crippen molar-refractivity contribution in [2.24, 2.45) is 5.92 Å². The number of nitrogens with zero attached hydrogens (tertiary/aromatic N) is 5. The molecule has 2 atom stereocenters. The van der Waals surface area contributed by atoms with Gasteiger partial charge in [-0.15, -0.1) is 0 Å². The molecule has 2 aromatic heterocycles. The van der Waals surface area contributed by atoms with E-state index in [0.717, 1.165) is 25.5 Å². The third kappa shape index (κ3) is 3.68. The second kappa shape index (κ2) is 7.45. The topological polar surface area (TPSA) is 37.2 Å². The second-order valence-corrected chi connectivity index (χ2v) is 7.30. The number of imidazole rings is 1. The fourth-order valence-electron chi connectivity index (χ4n) is 3.94. The van der Waals surface area contributed by atoms with E-state index in [4.69, 9.17) is 0 Å². The molecule has 2 aromatic rings. The van der Waals surface area contributed by atoms with Crippen LogP contribution in [0, 0.1) is 5.92 Å². The second-order valence-electron chi connectivity index (χ2n) is 7.30. The van der Waals surface area contributed by atoms with Crippen LogP contribution in [-0.4, -0.2) is 51.5 Å². The van der Waals surface area contributed by atoms with Crippen LogP contribution in [-0.2, 0) is 6.54 Å². The summed E-state index contributed by atoms with van der Waals surface area (Å²) in [5.41, 5.74) is 1.33. The van der Waals surface area contributed by atoms with Gasteiger partial charge in [-0.3, -0.25) is 14.8 Å². The van der Waals surface area contributed by atoms with E-state index < -0.39 is 0 Å². The molecule has 0 N–H and O–H groups in total. The Bertz CT molecular complexity index is 636. The van der Waals surface area contributed by atoms with Crippen LogP contribution >= 0.6 is 0 Å². The first-order valence-corrected chi connectivity index (χ1v) is 8.86. The molecule has 1 aliphatic rings. The van der Waals surface area contributed by atoms with E-state index in [0.29, 0.717) is 18.0 Å². The number of hydrogen-bond donors (Lipinski definition) is 0. The minimum atomic E-state index is 0.455. The number of aromatic nitrogens is 3. The molecule has 3 rings (SSSR count). The highest BCUT2D eigenvalue weighted by molar-refractivity contribution is 5.17. The van der Waals surface area contributed by atoms with E-state index in [1.807, 2.05) is 24.7 Å². The zero-order chi connectivity index (χ0) is 17.1. The Balaban J connectivity index is 1.67. The van der Waals surface area contributed by atoms with Gasteiger partial charge in [-0.05, 0) is 58.5 Å². The maximum absolute atomic E-state index is 4.55. The first-order chi connectivity index (χ1) is 11.6. The van der Waals surface area contributed by atoms with Crippen molar-refractivity contribution in [3.05, 3.63) is 48.3 Å². The first-order valence-electron chi connectivity index (χ1n) is 8.86. The lowest BCUT2D eigenvalue weighted by Crippen LogP contribution is -2.30. The summed E-state index contributed by atoms with van der Waals surface area (Å²) >= 11 is 0. The summed E-state index contributed by atoms with van der Waals surface area (Å²) in [5, 5.41) is 0. The molecule has 0 unspecified atom stereocenters. The molecule has 5 nitrogen and oxygen atoms in total. The third-order valence-corrected chi connectivity index (χ3v) is 5.06. The molecule has 0 saturated carbocycles. The average Bonchev–Trinajstić information content (AvgIpc) is 3.15. The molecule has 5 heteroatoms. The van der Waals surface area contributed by atoms with Gasteiger partial charge in [0.25, 0.3) is 0 Å². The molecule has 0 amide bonds. The standard InChI is InChI=1S/C19H29N5/c1-15(2)24-11-9-21-18(24)14-22(3)13-17-7-10-23(4)19(17)16-6-5-8-20-12-16/h5-6,8-9,11-12,15,17,19H,7,10,13-14H2,1-4H3/t17-,19-/m0/s1. The maximum atomic E-state index is 4.55. The van der Waals surface area contributed by atoms with Crippen LogP contribution in [0.25, 0.3) is 0 Å². The summed E-state index contributed by atoms with van der Waals surface area (Å²) in [5.74, 6) is 1.78. The molecule has 3 heterocycles. The van der Waals surface area contributed by atoms with Crippen LogP contribution in [0.1, 0.15) is 43.7 Å². The molecule has 24 heavy (non-hydrogen) atoms. The van der Waals surface area contributed by atoms with Gasteiger partial charge in [-0.2, -0.15) is 0 Å². The minimum absolute atomic E-state index is 0.455. The van der Waals surface area contributed by atoms with Gasteiger partial charge in [0.1, 0.15) is 5.82 Å². The largest absolute Gasteiger partial charge is 0.331 e. The lowest BCUT2D eigenvalue weighted by Gasteiger charge is -2.28. The van der Waals surface area contributed by atoms with Gasteiger partial charge >= 0.3 is 0 Å². The van der Waals surface area contributed by atoms with Gasteiger partial charge < -0.3 is 4.57 Å². The van der Waals surface area contributed by atoms with Crippen LogP contribution in [0.5, 0.6) is 0 Å². The number of pyridine rings is 1. The molecule has 1 saturated heterocycles. The molecule has 130 valence electrons. The summed E-state index contributed by atoms with van der Waals surface area (Å²) in [6.07, 6.45) is 9.09. The van der Waals surface area contributed by atoms with Gasteiger partial charge in [0.2, 0.25) is 0 Å². The number of rotatable bonds is 6. The predicted molar refractivity (Wildman–Crippen MR) is 96.7 cm³/mol. The quantitative estimate of drug-likeness (QED) is 0.817.